The van der Waals surface area contributed by atoms with Crippen LogP contribution in [-0.2, 0) is 0 Å². The van der Waals surface area contributed by atoms with Crippen molar-refractivity contribution in [3.05, 3.63) is 58.7 Å². The second-order valence-electron chi connectivity index (χ2n) is 10.6. The molecule has 0 radical (unpaired) electrons. The molecule has 0 saturated heterocycles. The Hall–Kier alpha value is -2.34. The van der Waals surface area contributed by atoms with Crippen LogP contribution in [0, 0.1) is 0 Å². The zero-order valence-electron chi connectivity index (χ0n) is 19.8. The molecule has 0 spiro atoms. The highest BCUT2D eigenvalue weighted by Gasteiger charge is 2.30. The average Bonchev–Trinajstić information content (AvgIpc) is 3.04. The summed E-state index contributed by atoms with van der Waals surface area (Å²) in [6.07, 6.45) is 0. The summed E-state index contributed by atoms with van der Waals surface area (Å²) in [4.78, 5) is 0. The molecule has 30 heavy (non-hydrogen) atoms. The van der Waals surface area contributed by atoms with Crippen molar-refractivity contribution in [2.45, 2.75) is 79.1 Å². The fourth-order valence-corrected chi connectivity index (χ4v) is 5.75. The molecule has 4 aromatic carbocycles. The van der Waals surface area contributed by atoms with E-state index >= 15 is 0 Å². The van der Waals surface area contributed by atoms with E-state index in [1.807, 2.05) is 0 Å². The summed E-state index contributed by atoms with van der Waals surface area (Å²) < 4.78 is 0. The number of hydrogen-bond acceptors (Lipinski definition) is 0. The second-order valence-corrected chi connectivity index (χ2v) is 10.6. The van der Waals surface area contributed by atoms with E-state index in [9.17, 15) is 0 Å². The van der Waals surface area contributed by atoms with Gasteiger partial charge in [0.25, 0.3) is 0 Å². The summed E-state index contributed by atoms with van der Waals surface area (Å²) in [6.45, 7) is 18.8. The van der Waals surface area contributed by atoms with E-state index in [0.717, 1.165) is 0 Å². The van der Waals surface area contributed by atoms with Crippen LogP contribution in [0.15, 0.2) is 36.4 Å². The maximum Gasteiger partial charge on any atom is -0.00139 e. The van der Waals surface area contributed by atoms with E-state index in [-0.39, 0.29) is 0 Å². The molecule has 0 fully saturated rings. The van der Waals surface area contributed by atoms with Crippen LogP contribution < -0.4 is 0 Å². The van der Waals surface area contributed by atoms with Gasteiger partial charge in [0.2, 0.25) is 0 Å². The molecule has 5 rings (SSSR count). The number of fused-ring (bicyclic) bond motifs is 1. The molecule has 1 aliphatic carbocycles. The van der Waals surface area contributed by atoms with Gasteiger partial charge in [0.05, 0.1) is 0 Å². The first kappa shape index (κ1) is 19.6. The number of rotatable bonds is 4. The third kappa shape index (κ3) is 2.46. The Morgan fingerprint density at radius 3 is 1.13 bits per heavy atom. The van der Waals surface area contributed by atoms with E-state index in [4.69, 9.17) is 0 Å². The van der Waals surface area contributed by atoms with Gasteiger partial charge in [-0.15, -0.1) is 0 Å². The Morgan fingerprint density at radius 2 is 0.800 bits per heavy atom. The molecule has 0 bridgehead atoms. The smallest absolute Gasteiger partial charge is 0.00139 e. The predicted octanol–water partition coefficient (Wildman–Crippen LogP) is 9.62. The molecule has 0 amide bonds. The minimum absolute atomic E-state index is 0.506. The van der Waals surface area contributed by atoms with Crippen LogP contribution in [0.2, 0.25) is 0 Å². The van der Waals surface area contributed by atoms with Gasteiger partial charge in [-0.25, -0.2) is 0 Å². The first-order valence-electron chi connectivity index (χ1n) is 11.7. The topological polar surface area (TPSA) is 0 Å². The van der Waals surface area contributed by atoms with Crippen LogP contribution in [0.1, 0.15) is 101 Å². The van der Waals surface area contributed by atoms with Crippen molar-refractivity contribution in [1.82, 2.24) is 0 Å². The van der Waals surface area contributed by atoms with Gasteiger partial charge in [0, 0.05) is 0 Å². The average molecular weight is 395 g/mol. The molecule has 0 unspecified atom stereocenters. The standard InChI is InChI=1S/C30H34/c1-15(2)22-13-24(17(5)6)29-27-20(22)11-9-19-10-12-21-23(16(3)4)14-25(18(7)8)30(29)28(21)26(19)27/h9-18H,1-8H3. The van der Waals surface area contributed by atoms with Crippen LogP contribution in [0.4, 0.5) is 0 Å². The molecule has 154 valence electrons. The van der Waals surface area contributed by atoms with Crippen LogP contribution >= 0.6 is 0 Å². The molecule has 0 heterocycles. The quantitative estimate of drug-likeness (QED) is 0.266. The van der Waals surface area contributed by atoms with Gasteiger partial charge in [-0.05, 0) is 89.4 Å². The van der Waals surface area contributed by atoms with Crippen molar-refractivity contribution in [1.29, 1.82) is 0 Å². The Balaban J connectivity index is 2.13. The van der Waals surface area contributed by atoms with Crippen molar-refractivity contribution < 1.29 is 0 Å². The Bertz CT molecular complexity index is 1230. The van der Waals surface area contributed by atoms with Gasteiger partial charge in [-0.1, -0.05) is 91.8 Å². The monoisotopic (exact) mass is 394 g/mol. The third-order valence-corrected chi connectivity index (χ3v) is 7.25. The van der Waals surface area contributed by atoms with Crippen molar-refractivity contribution >= 4 is 32.3 Å². The van der Waals surface area contributed by atoms with Crippen LogP contribution in [0.25, 0.3) is 43.4 Å². The lowest BCUT2D eigenvalue weighted by atomic mass is 9.81. The fraction of sp³-hybridized carbons (Fsp3) is 0.400. The summed E-state index contributed by atoms with van der Waals surface area (Å²) in [5.74, 6) is 2.05. The zero-order valence-corrected chi connectivity index (χ0v) is 19.8. The lowest BCUT2D eigenvalue weighted by Gasteiger charge is -2.22. The maximum absolute atomic E-state index is 2.52. The van der Waals surface area contributed by atoms with E-state index in [2.05, 4.69) is 91.8 Å². The molecule has 0 N–H and O–H groups in total. The number of hydrogen-bond donors (Lipinski definition) is 0. The largest absolute Gasteiger partial charge is 0.0587 e. The molecule has 4 aromatic rings. The summed E-state index contributed by atoms with van der Waals surface area (Å²) in [6, 6.07) is 14.5. The Labute approximate surface area is 181 Å². The lowest BCUT2D eigenvalue weighted by molar-refractivity contribution is 0.836. The lowest BCUT2D eigenvalue weighted by Crippen LogP contribution is -2.01. The molecule has 0 saturated carbocycles. The molecule has 0 nitrogen and oxygen atoms in total. The molecular weight excluding hydrogens is 360 g/mol. The first-order valence-corrected chi connectivity index (χ1v) is 11.7. The highest BCUT2D eigenvalue weighted by molar-refractivity contribution is 6.34. The van der Waals surface area contributed by atoms with E-state index in [0.29, 0.717) is 23.7 Å². The highest BCUT2D eigenvalue weighted by Crippen LogP contribution is 2.55. The summed E-state index contributed by atoms with van der Waals surface area (Å²) in [5, 5.41) is 8.85. The summed E-state index contributed by atoms with van der Waals surface area (Å²) in [7, 11) is 0. The molecule has 1 aliphatic rings. The third-order valence-electron chi connectivity index (χ3n) is 7.25. The van der Waals surface area contributed by atoms with E-state index in [1.54, 1.807) is 0 Å². The van der Waals surface area contributed by atoms with Crippen molar-refractivity contribution in [2.75, 3.05) is 0 Å². The van der Waals surface area contributed by atoms with Gasteiger partial charge in [0.1, 0.15) is 0 Å². The van der Waals surface area contributed by atoms with Gasteiger partial charge < -0.3 is 0 Å². The molecule has 0 aliphatic heterocycles. The normalized spacial score (nSPS) is 13.2. The Kier molecular flexibility index (Phi) is 4.30. The Morgan fingerprint density at radius 1 is 0.433 bits per heavy atom. The molecule has 0 atom stereocenters. The second kappa shape index (κ2) is 6.58. The van der Waals surface area contributed by atoms with Crippen molar-refractivity contribution in [2.24, 2.45) is 0 Å². The van der Waals surface area contributed by atoms with E-state index < -0.39 is 0 Å². The highest BCUT2D eigenvalue weighted by atomic mass is 14.3. The van der Waals surface area contributed by atoms with Gasteiger partial charge in [0.15, 0.2) is 0 Å². The first-order chi connectivity index (χ1) is 14.2. The van der Waals surface area contributed by atoms with Crippen molar-refractivity contribution in [3.63, 3.8) is 0 Å². The van der Waals surface area contributed by atoms with Gasteiger partial charge in [-0.3, -0.25) is 0 Å². The molecule has 0 heteroatoms. The number of benzene rings is 4. The minimum atomic E-state index is 0.506. The minimum Gasteiger partial charge on any atom is -0.0587 e. The van der Waals surface area contributed by atoms with Gasteiger partial charge in [-0.2, -0.15) is 0 Å². The zero-order chi connectivity index (χ0) is 21.5. The van der Waals surface area contributed by atoms with Crippen LogP contribution in [-0.4, -0.2) is 0 Å². The molecular formula is C30H34. The predicted molar refractivity (Wildman–Crippen MR) is 134 cm³/mol. The maximum atomic E-state index is 2.52. The fourth-order valence-electron chi connectivity index (χ4n) is 5.75. The van der Waals surface area contributed by atoms with Crippen molar-refractivity contribution in [3.8, 4) is 11.1 Å². The summed E-state index contributed by atoms with van der Waals surface area (Å²) in [5.41, 5.74) is 9.10. The SMILES string of the molecule is CC(C)c1cc(C(C)C)c2ccc3ccc4c(C(C)C)cc(C(C)C)c5c4c3c2c1-5. The van der Waals surface area contributed by atoms with Crippen LogP contribution in [0.5, 0.6) is 0 Å². The van der Waals surface area contributed by atoms with Crippen LogP contribution in [0.3, 0.4) is 0 Å². The van der Waals surface area contributed by atoms with E-state index in [1.165, 1.54) is 65.7 Å². The van der Waals surface area contributed by atoms with Gasteiger partial charge >= 0.3 is 0 Å². The summed E-state index contributed by atoms with van der Waals surface area (Å²) >= 11 is 0. The molecule has 0 aromatic heterocycles.